The molecule has 0 radical (unpaired) electrons. The van der Waals surface area contributed by atoms with E-state index >= 15 is 0 Å². The molecule has 2 aliphatic rings. The average Bonchev–Trinajstić information content (AvgIpc) is 2.84. The number of ether oxygens (including phenoxy) is 2. The van der Waals surface area contributed by atoms with Gasteiger partial charge in [-0.25, -0.2) is 0 Å². The number of nitrogens with zero attached hydrogens (tertiary/aromatic N) is 3. The molecular formula is C26H41N3O3. The molecule has 3 rings (SSSR count). The van der Waals surface area contributed by atoms with Crippen molar-refractivity contribution in [3.05, 3.63) is 23.8 Å². The summed E-state index contributed by atoms with van der Waals surface area (Å²) >= 11 is 0. The summed E-state index contributed by atoms with van der Waals surface area (Å²) < 4.78 is 11.5. The highest BCUT2D eigenvalue weighted by Gasteiger charge is 2.22. The molecule has 1 saturated heterocycles. The quantitative estimate of drug-likeness (QED) is 0.531. The number of β-amino-alcohol motifs (C(OH)–C–C–N with tert-alkyl or cyclic N) is 1. The fourth-order valence-corrected chi connectivity index (χ4v) is 4.87. The van der Waals surface area contributed by atoms with Crippen LogP contribution in [0.5, 0.6) is 11.5 Å². The van der Waals surface area contributed by atoms with Gasteiger partial charge >= 0.3 is 0 Å². The molecule has 1 heterocycles. The van der Waals surface area contributed by atoms with Crippen molar-refractivity contribution >= 4 is 0 Å². The van der Waals surface area contributed by atoms with Crippen LogP contribution in [0, 0.1) is 12.3 Å². The summed E-state index contributed by atoms with van der Waals surface area (Å²) in [4.78, 5) is 7.16. The number of aliphatic hydroxyl groups excluding tert-OH is 1. The SMILES string of the molecule is C#CCN(Cc1ccc(OCC(O)CN2CCN(CC)CC2)c(OC)c1)C1CCCCC1. The molecule has 178 valence electrons. The van der Waals surface area contributed by atoms with Crippen LogP contribution in [0.2, 0.25) is 0 Å². The summed E-state index contributed by atoms with van der Waals surface area (Å²) in [5.41, 5.74) is 1.17. The maximum Gasteiger partial charge on any atom is 0.161 e. The second-order valence-electron chi connectivity index (χ2n) is 9.09. The largest absolute Gasteiger partial charge is 0.493 e. The molecule has 1 aliphatic heterocycles. The molecule has 1 saturated carbocycles. The van der Waals surface area contributed by atoms with Crippen molar-refractivity contribution < 1.29 is 14.6 Å². The maximum absolute atomic E-state index is 10.5. The van der Waals surface area contributed by atoms with E-state index in [0.717, 1.165) is 39.3 Å². The zero-order chi connectivity index (χ0) is 22.8. The van der Waals surface area contributed by atoms with E-state index in [1.165, 1.54) is 37.7 Å². The Labute approximate surface area is 194 Å². The molecule has 6 nitrogen and oxygen atoms in total. The molecule has 32 heavy (non-hydrogen) atoms. The third kappa shape index (κ3) is 7.38. The Kier molecular flexibility index (Phi) is 10.1. The fourth-order valence-electron chi connectivity index (χ4n) is 4.87. The normalized spacial score (nSPS) is 19.6. The van der Waals surface area contributed by atoms with Crippen molar-refractivity contribution in [1.29, 1.82) is 0 Å². The molecule has 2 fully saturated rings. The highest BCUT2D eigenvalue weighted by molar-refractivity contribution is 5.43. The van der Waals surface area contributed by atoms with Crippen molar-refractivity contribution in [2.75, 3.05) is 59.5 Å². The second kappa shape index (κ2) is 13.1. The molecule has 0 spiro atoms. The van der Waals surface area contributed by atoms with Gasteiger partial charge in [0.2, 0.25) is 0 Å². The number of hydrogen-bond donors (Lipinski definition) is 1. The van der Waals surface area contributed by atoms with E-state index < -0.39 is 6.10 Å². The molecule has 1 atom stereocenters. The van der Waals surface area contributed by atoms with E-state index in [2.05, 4.69) is 33.6 Å². The lowest BCUT2D eigenvalue weighted by Gasteiger charge is -2.34. The zero-order valence-corrected chi connectivity index (χ0v) is 20.0. The van der Waals surface area contributed by atoms with Crippen LogP contribution in [-0.4, -0.2) is 91.5 Å². The summed E-state index contributed by atoms with van der Waals surface area (Å²) in [5.74, 6) is 4.21. The van der Waals surface area contributed by atoms with Crippen LogP contribution in [-0.2, 0) is 6.54 Å². The van der Waals surface area contributed by atoms with Gasteiger partial charge in [0.1, 0.15) is 12.7 Å². The van der Waals surface area contributed by atoms with Gasteiger partial charge in [0.25, 0.3) is 0 Å². The highest BCUT2D eigenvalue weighted by atomic mass is 16.5. The van der Waals surface area contributed by atoms with Crippen LogP contribution in [0.1, 0.15) is 44.6 Å². The Bertz CT molecular complexity index is 722. The van der Waals surface area contributed by atoms with Crippen LogP contribution >= 0.6 is 0 Å². The first-order valence-electron chi connectivity index (χ1n) is 12.2. The van der Waals surface area contributed by atoms with E-state index in [9.17, 15) is 5.11 Å². The Morgan fingerprint density at radius 2 is 1.84 bits per heavy atom. The van der Waals surface area contributed by atoms with Crippen molar-refractivity contribution in [3.8, 4) is 23.8 Å². The first-order valence-corrected chi connectivity index (χ1v) is 12.2. The predicted molar refractivity (Wildman–Crippen MR) is 129 cm³/mol. The number of hydrogen-bond acceptors (Lipinski definition) is 6. The van der Waals surface area contributed by atoms with Crippen LogP contribution in [0.3, 0.4) is 0 Å². The molecule has 0 aromatic heterocycles. The van der Waals surface area contributed by atoms with Gasteiger partial charge in [-0.15, -0.1) is 6.42 Å². The zero-order valence-electron chi connectivity index (χ0n) is 20.0. The van der Waals surface area contributed by atoms with E-state index in [1.807, 2.05) is 12.1 Å². The molecule has 1 N–H and O–H groups in total. The van der Waals surface area contributed by atoms with Gasteiger partial charge in [0, 0.05) is 45.3 Å². The number of piperazine rings is 1. The van der Waals surface area contributed by atoms with Gasteiger partial charge in [-0.3, -0.25) is 9.80 Å². The number of terminal acetylenes is 1. The number of rotatable bonds is 11. The van der Waals surface area contributed by atoms with Crippen LogP contribution < -0.4 is 9.47 Å². The molecule has 1 aromatic rings. The Balaban J connectivity index is 1.52. The highest BCUT2D eigenvalue weighted by Crippen LogP contribution is 2.30. The monoisotopic (exact) mass is 443 g/mol. The Hall–Kier alpha value is -1.78. The van der Waals surface area contributed by atoms with Gasteiger partial charge in [-0.05, 0) is 37.1 Å². The van der Waals surface area contributed by atoms with E-state index in [1.54, 1.807) is 7.11 Å². The van der Waals surface area contributed by atoms with Gasteiger partial charge in [0.05, 0.1) is 13.7 Å². The van der Waals surface area contributed by atoms with Crippen molar-refractivity contribution in [1.82, 2.24) is 14.7 Å². The standard InChI is InChI=1S/C26H41N3O3/c1-4-13-29(23-9-7-6-8-10-23)19-22-11-12-25(26(18-22)31-3)32-21-24(30)20-28-16-14-27(5-2)15-17-28/h1,11-12,18,23-24,30H,5-10,13-17,19-21H2,2-3H3. The minimum atomic E-state index is -0.523. The van der Waals surface area contributed by atoms with Crippen LogP contribution in [0.25, 0.3) is 0 Å². The average molecular weight is 444 g/mol. The third-order valence-corrected chi connectivity index (χ3v) is 6.81. The van der Waals surface area contributed by atoms with Crippen LogP contribution in [0.15, 0.2) is 18.2 Å². The first-order chi connectivity index (χ1) is 15.6. The summed E-state index contributed by atoms with van der Waals surface area (Å²) in [6, 6.07) is 6.64. The predicted octanol–water partition coefficient (Wildman–Crippen LogP) is 2.84. The topological polar surface area (TPSA) is 48.4 Å². The fraction of sp³-hybridized carbons (Fsp3) is 0.692. The summed E-state index contributed by atoms with van der Waals surface area (Å²) in [6.45, 7) is 9.80. The number of aliphatic hydroxyl groups is 1. The lowest BCUT2D eigenvalue weighted by molar-refractivity contribution is 0.0464. The molecule has 1 unspecified atom stereocenters. The van der Waals surface area contributed by atoms with Gasteiger partial charge < -0.3 is 19.5 Å². The van der Waals surface area contributed by atoms with Crippen molar-refractivity contribution in [3.63, 3.8) is 0 Å². The number of methoxy groups -OCH3 is 1. The van der Waals surface area contributed by atoms with Gasteiger partial charge in [-0.1, -0.05) is 38.2 Å². The molecular weight excluding hydrogens is 402 g/mol. The van der Waals surface area contributed by atoms with E-state index in [-0.39, 0.29) is 6.61 Å². The van der Waals surface area contributed by atoms with Gasteiger partial charge in [0.15, 0.2) is 11.5 Å². The maximum atomic E-state index is 10.5. The van der Waals surface area contributed by atoms with E-state index in [4.69, 9.17) is 15.9 Å². The summed E-state index contributed by atoms with van der Waals surface area (Å²) in [5, 5.41) is 10.5. The van der Waals surface area contributed by atoms with Crippen molar-refractivity contribution in [2.45, 2.75) is 57.7 Å². The number of benzene rings is 1. The molecule has 1 aliphatic carbocycles. The Morgan fingerprint density at radius 3 is 2.50 bits per heavy atom. The molecule has 0 bridgehead atoms. The molecule has 6 heteroatoms. The third-order valence-electron chi connectivity index (χ3n) is 6.81. The minimum Gasteiger partial charge on any atom is -0.493 e. The molecule has 0 amide bonds. The lowest BCUT2D eigenvalue weighted by Crippen LogP contribution is -2.49. The second-order valence-corrected chi connectivity index (χ2v) is 9.09. The summed E-state index contributed by atoms with van der Waals surface area (Å²) in [7, 11) is 1.66. The smallest absolute Gasteiger partial charge is 0.161 e. The van der Waals surface area contributed by atoms with Crippen LogP contribution in [0.4, 0.5) is 0 Å². The van der Waals surface area contributed by atoms with Crippen molar-refractivity contribution in [2.24, 2.45) is 0 Å². The molecule has 1 aromatic carbocycles. The summed E-state index contributed by atoms with van der Waals surface area (Å²) in [6.07, 6.45) is 11.5. The minimum absolute atomic E-state index is 0.259. The lowest BCUT2D eigenvalue weighted by atomic mass is 9.94. The Morgan fingerprint density at radius 1 is 1.12 bits per heavy atom. The van der Waals surface area contributed by atoms with Gasteiger partial charge in [-0.2, -0.15) is 0 Å². The number of likely N-dealkylation sites (N-methyl/N-ethyl adjacent to an activating group) is 1. The van der Waals surface area contributed by atoms with E-state index in [0.29, 0.717) is 30.6 Å². The first kappa shape index (κ1) is 24.9.